The quantitative estimate of drug-likeness (QED) is 0.701. The highest BCUT2D eigenvalue weighted by atomic mass is 16.3. The van der Waals surface area contributed by atoms with Gasteiger partial charge in [-0.25, -0.2) is 0 Å². The Bertz CT molecular complexity index is 561. The third kappa shape index (κ3) is 4.12. The Hall–Kier alpha value is -2.30. The van der Waals surface area contributed by atoms with Gasteiger partial charge in [0.1, 0.15) is 5.75 Å². The summed E-state index contributed by atoms with van der Waals surface area (Å²) in [7, 11) is 0. The molecule has 0 spiro atoms. The van der Waals surface area contributed by atoms with Crippen molar-refractivity contribution in [2.45, 2.75) is 26.2 Å². The van der Waals surface area contributed by atoms with Gasteiger partial charge in [0.2, 0.25) is 5.91 Å². The number of amides is 1. The standard InChI is InChI=1S/C15H19N3O2/c1-11-13(10-17-18-11)3-2-8-16-15(20)9-12-4-6-14(19)7-5-12/h4-7,10,19H,2-3,8-9H2,1H3,(H,16,20)(H,17,18). The number of aromatic nitrogens is 2. The van der Waals surface area contributed by atoms with Gasteiger partial charge in [-0.1, -0.05) is 12.1 Å². The lowest BCUT2D eigenvalue weighted by Gasteiger charge is -2.05. The van der Waals surface area contributed by atoms with E-state index in [0.29, 0.717) is 13.0 Å². The van der Waals surface area contributed by atoms with E-state index in [4.69, 9.17) is 5.11 Å². The number of aromatic hydroxyl groups is 1. The molecule has 20 heavy (non-hydrogen) atoms. The van der Waals surface area contributed by atoms with Crippen LogP contribution in [-0.2, 0) is 17.6 Å². The van der Waals surface area contributed by atoms with Gasteiger partial charge in [0.05, 0.1) is 12.6 Å². The number of aryl methyl sites for hydroxylation is 2. The Balaban J connectivity index is 1.68. The van der Waals surface area contributed by atoms with Crippen LogP contribution >= 0.6 is 0 Å². The van der Waals surface area contributed by atoms with E-state index in [1.807, 2.05) is 13.1 Å². The van der Waals surface area contributed by atoms with E-state index in [-0.39, 0.29) is 11.7 Å². The van der Waals surface area contributed by atoms with Gasteiger partial charge in [-0.3, -0.25) is 9.89 Å². The Kier molecular flexibility index (Phi) is 4.76. The molecule has 1 amide bonds. The van der Waals surface area contributed by atoms with Crippen LogP contribution in [0.1, 0.15) is 23.2 Å². The first-order valence-corrected chi connectivity index (χ1v) is 6.68. The summed E-state index contributed by atoms with van der Waals surface area (Å²) in [6.45, 7) is 2.65. The summed E-state index contributed by atoms with van der Waals surface area (Å²) >= 11 is 0. The van der Waals surface area contributed by atoms with Gasteiger partial charge in [-0.2, -0.15) is 5.10 Å². The minimum atomic E-state index is -0.000365. The number of phenols is 1. The van der Waals surface area contributed by atoms with Gasteiger partial charge < -0.3 is 10.4 Å². The molecule has 0 atom stereocenters. The van der Waals surface area contributed by atoms with E-state index < -0.39 is 0 Å². The van der Waals surface area contributed by atoms with Gasteiger partial charge in [0.25, 0.3) is 0 Å². The molecule has 5 heteroatoms. The van der Waals surface area contributed by atoms with Gasteiger partial charge in [-0.15, -0.1) is 0 Å². The van der Waals surface area contributed by atoms with Crippen molar-refractivity contribution in [3.05, 3.63) is 47.3 Å². The van der Waals surface area contributed by atoms with Gasteiger partial charge in [0, 0.05) is 12.2 Å². The maximum atomic E-state index is 11.7. The number of rotatable bonds is 6. The van der Waals surface area contributed by atoms with Crippen LogP contribution in [0.5, 0.6) is 5.75 Å². The molecular formula is C15H19N3O2. The summed E-state index contributed by atoms with van der Waals surface area (Å²) in [5.74, 6) is 0.212. The number of aromatic amines is 1. The smallest absolute Gasteiger partial charge is 0.224 e. The number of H-pyrrole nitrogens is 1. The zero-order valence-corrected chi connectivity index (χ0v) is 11.5. The molecule has 2 aromatic rings. The van der Waals surface area contributed by atoms with Crippen molar-refractivity contribution < 1.29 is 9.90 Å². The fourth-order valence-corrected chi connectivity index (χ4v) is 2.00. The molecule has 1 aromatic carbocycles. The van der Waals surface area contributed by atoms with E-state index in [1.165, 1.54) is 5.56 Å². The maximum absolute atomic E-state index is 11.7. The third-order valence-electron chi connectivity index (χ3n) is 3.18. The van der Waals surface area contributed by atoms with Crippen molar-refractivity contribution >= 4 is 5.91 Å². The van der Waals surface area contributed by atoms with E-state index >= 15 is 0 Å². The first kappa shape index (κ1) is 14.1. The highest BCUT2D eigenvalue weighted by molar-refractivity contribution is 5.78. The average Bonchev–Trinajstić information content (AvgIpc) is 2.83. The van der Waals surface area contributed by atoms with Crippen LogP contribution in [0.25, 0.3) is 0 Å². The second kappa shape index (κ2) is 6.75. The predicted octanol–water partition coefficient (Wildman–Crippen LogP) is 1.72. The second-order valence-corrected chi connectivity index (χ2v) is 4.82. The Labute approximate surface area is 118 Å². The van der Waals surface area contributed by atoms with Crippen molar-refractivity contribution in [3.63, 3.8) is 0 Å². The molecule has 0 aliphatic carbocycles. The van der Waals surface area contributed by atoms with Crippen LogP contribution in [0.15, 0.2) is 30.5 Å². The van der Waals surface area contributed by atoms with Crippen molar-refractivity contribution in [1.29, 1.82) is 0 Å². The fourth-order valence-electron chi connectivity index (χ4n) is 2.00. The van der Waals surface area contributed by atoms with Crippen LogP contribution in [-0.4, -0.2) is 27.8 Å². The van der Waals surface area contributed by atoms with Gasteiger partial charge in [-0.05, 0) is 43.0 Å². The fraction of sp³-hybridized carbons (Fsp3) is 0.333. The SMILES string of the molecule is Cc1[nH]ncc1CCCNC(=O)Cc1ccc(O)cc1. The first-order chi connectivity index (χ1) is 9.65. The van der Waals surface area contributed by atoms with E-state index in [1.54, 1.807) is 24.3 Å². The van der Waals surface area contributed by atoms with Crippen molar-refractivity contribution in [3.8, 4) is 5.75 Å². The number of nitrogens with one attached hydrogen (secondary N) is 2. The largest absolute Gasteiger partial charge is 0.508 e. The van der Waals surface area contributed by atoms with Crippen LogP contribution in [0.3, 0.4) is 0 Å². The lowest BCUT2D eigenvalue weighted by molar-refractivity contribution is -0.120. The lowest BCUT2D eigenvalue weighted by Crippen LogP contribution is -2.26. The Morgan fingerprint density at radius 3 is 2.75 bits per heavy atom. The molecule has 3 N–H and O–H groups in total. The number of phenolic OH excluding ortho intramolecular Hbond substituents is 1. The highest BCUT2D eigenvalue weighted by Crippen LogP contribution is 2.10. The lowest BCUT2D eigenvalue weighted by atomic mass is 10.1. The molecule has 0 fully saturated rings. The summed E-state index contributed by atoms with van der Waals surface area (Å²) in [6.07, 6.45) is 3.96. The zero-order chi connectivity index (χ0) is 14.4. The van der Waals surface area contributed by atoms with Gasteiger partial charge >= 0.3 is 0 Å². The Morgan fingerprint density at radius 2 is 2.10 bits per heavy atom. The molecule has 1 aromatic heterocycles. The molecule has 0 saturated carbocycles. The molecule has 2 rings (SSSR count). The van der Waals surface area contributed by atoms with Crippen LogP contribution < -0.4 is 5.32 Å². The van der Waals surface area contributed by atoms with E-state index in [2.05, 4.69) is 15.5 Å². The zero-order valence-electron chi connectivity index (χ0n) is 11.5. The number of carbonyl (C=O) groups is 1. The monoisotopic (exact) mass is 273 g/mol. The topological polar surface area (TPSA) is 78.0 Å². The minimum Gasteiger partial charge on any atom is -0.508 e. The predicted molar refractivity (Wildman–Crippen MR) is 76.5 cm³/mol. The van der Waals surface area contributed by atoms with Crippen molar-refractivity contribution in [2.24, 2.45) is 0 Å². The highest BCUT2D eigenvalue weighted by Gasteiger charge is 2.04. The summed E-state index contributed by atoms with van der Waals surface area (Å²) in [6, 6.07) is 6.68. The molecular weight excluding hydrogens is 254 g/mol. The van der Waals surface area contributed by atoms with Crippen molar-refractivity contribution in [1.82, 2.24) is 15.5 Å². The van der Waals surface area contributed by atoms with Gasteiger partial charge in [0.15, 0.2) is 0 Å². The first-order valence-electron chi connectivity index (χ1n) is 6.68. The van der Waals surface area contributed by atoms with Crippen LogP contribution in [0.2, 0.25) is 0 Å². The average molecular weight is 273 g/mol. The molecule has 106 valence electrons. The number of nitrogens with zero attached hydrogens (tertiary/aromatic N) is 1. The maximum Gasteiger partial charge on any atom is 0.224 e. The van der Waals surface area contributed by atoms with E-state index in [9.17, 15) is 4.79 Å². The number of hydrogen-bond acceptors (Lipinski definition) is 3. The molecule has 1 heterocycles. The minimum absolute atomic E-state index is 0.000365. The van der Waals surface area contributed by atoms with Crippen LogP contribution in [0, 0.1) is 6.92 Å². The summed E-state index contributed by atoms with van der Waals surface area (Å²) in [4.78, 5) is 11.7. The molecule has 0 bridgehead atoms. The Morgan fingerprint density at radius 1 is 1.35 bits per heavy atom. The molecule has 0 unspecified atom stereocenters. The number of hydrogen-bond donors (Lipinski definition) is 3. The summed E-state index contributed by atoms with van der Waals surface area (Å²) < 4.78 is 0. The molecule has 5 nitrogen and oxygen atoms in total. The molecule has 0 aliphatic heterocycles. The number of benzene rings is 1. The third-order valence-corrected chi connectivity index (χ3v) is 3.18. The normalized spacial score (nSPS) is 10.4. The van der Waals surface area contributed by atoms with Crippen LogP contribution in [0.4, 0.5) is 0 Å². The molecule has 0 radical (unpaired) electrons. The summed E-state index contributed by atoms with van der Waals surface area (Å²) in [5, 5.41) is 18.9. The van der Waals surface area contributed by atoms with Crippen molar-refractivity contribution in [2.75, 3.05) is 6.54 Å². The number of carbonyl (C=O) groups excluding carboxylic acids is 1. The summed E-state index contributed by atoms with van der Waals surface area (Å²) in [5.41, 5.74) is 3.17. The molecule has 0 aliphatic rings. The second-order valence-electron chi connectivity index (χ2n) is 4.82. The van der Waals surface area contributed by atoms with E-state index in [0.717, 1.165) is 24.1 Å². The molecule has 0 saturated heterocycles.